The first-order valence-electron chi connectivity index (χ1n) is 15.0. The summed E-state index contributed by atoms with van der Waals surface area (Å²) in [5.74, 6) is 1.81. The van der Waals surface area contributed by atoms with Gasteiger partial charge in [0.05, 0.1) is 0 Å². The van der Waals surface area contributed by atoms with Gasteiger partial charge in [0.2, 0.25) is 0 Å². The maximum atomic E-state index is 2.61. The fraction of sp³-hybridized carbons (Fsp3) is 0.528. The van der Waals surface area contributed by atoms with Crippen molar-refractivity contribution >= 4 is 16.8 Å². The normalized spacial score (nSPS) is 16.4. The van der Waals surface area contributed by atoms with Crippen molar-refractivity contribution in [2.45, 2.75) is 119 Å². The van der Waals surface area contributed by atoms with Crippen LogP contribution in [0.15, 0.2) is 35.9 Å². The molecule has 3 aromatic carbocycles. The molecule has 0 N–H and O–H groups in total. The zero-order valence-corrected chi connectivity index (χ0v) is 28.4. The quantitative estimate of drug-likeness (QED) is 0.142. The van der Waals surface area contributed by atoms with Crippen LogP contribution < -0.4 is 0 Å². The van der Waals surface area contributed by atoms with Crippen molar-refractivity contribution < 1.29 is 25.8 Å². The first-order valence-corrected chi connectivity index (χ1v) is 15.0. The number of allylic oxidation sites excluding steroid dienone is 1. The minimum Gasteiger partial charge on any atom is -0.164 e. The van der Waals surface area contributed by atoms with Crippen LogP contribution in [0, 0.1) is 5.92 Å². The molecule has 0 saturated heterocycles. The van der Waals surface area contributed by atoms with Crippen LogP contribution in [0.2, 0.25) is 0 Å². The fourth-order valence-corrected chi connectivity index (χ4v) is 6.83. The minimum atomic E-state index is 0. The van der Waals surface area contributed by atoms with E-state index in [1.165, 1.54) is 42.2 Å². The van der Waals surface area contributed by atoms with Crippen molar-refractivity contribution in [2.24, 2.45) is 5.92 Å². The van der Waals surface area contributed by atoms with Gasteiger partial charge >= 0.3 is 0 Å². The molecule has 3 atom stereocenters. The summed E-state index contributed by atoms with van der Waals surface area (Å²) in [5, 5.41) is 3.13. The molecule has 0 nitrogen and oxygen atoms in total. The second-order valence-electron chi connectivity index (χ2n) is 11.2. The van der Waals surface area contributed by atoms with Gasteiger partial charge in [-0.05, 0) is 66.2 Å². The Labute approximate surface area is 246 Å². The minimum absolute atomic E-state index is 0. The third-order valence-corrected chi connectivity index (χ3v) is 9.43. The summed E-state index contributed by atoms with van der Waals surface area (Å²) in [7, 11) is 0. The summed E-state index contributed by atoms with van der Waals surface area (Å²) in [4.78, 5) is 0. The van der Waals surface area contributed by atoms with Gasteiger partial charge in [-0.15, -0.1) is 33.5 Å². The largest absolute Gasteiger partial charge is 0.164 e. The van der Waals surface area contributed by atoms with E-state index in [1.54, 1.807) is 44.3 Å². The van der Waals surface area contributed by atoms with Crippen molar-refractivity contribution in [3.8, 4) is 0 Å². The number of hydrogen-bond donors (Lipinski definition) is 0. The van der Waals surface area contributed by atoms with E-state index in [4.69, 9.17) is 0 Å². The maximum absolute atomic E-state index is 2.61. The van der Waals surface area contributed by atoms with Crippen LogP contribution in [-0.4, -0.2) is 0 Å². The van der Waals surface area contributed by atoms with Crippen LogP contribution in [0.1, 0.15) is 131 Å². The van der Waals surface area contributed by atoms with Crippen molar-refractivity contribution in [1.29, 1.82) is 0 Å². The Morgan fingerprint density at radius 3 is 1.89 bits per heavy atom. The molecule has 37 heavy (non-hydrogen) atoms. The van der Waals surface area contributed by atoms with E-state index in [1.807, 2.05) is 0 Å². The number of hydrogen-bond acceptors (Lipinski definition) is 0. The first kappa shape index (κ1) is 30.2. The van der Waals surface area contributed by atoms with Crippen molar-refractivity contribution in [2.75, 3.05) is 0 Å². The first-order chi connectivity index (χ1) is 17.4. The molecule has 1 aliphatic carbocycles. The van der Waals surface area contributed by atoms with E-state index in [9.17, 15) is 0 Å². The van der Waals surface area contributed by atoms with Gasteiger partial charge in [-0.2, -0.15) is 6.07 Å². The topological polar surface area (TPSA) is 0 Å². The van der Waals surface area contributed by atoms with Gasteiger partial charge in [0.15, 0.2) is 0 Å². The standard InChI is InChI=1S/C36H49.Hf/c1-9-23(7)31-21-33-25(11-3)15-17-27(13-5)35(33)29(31)19-20-30-32(24(8)10-2)22-34-26(12-4)16-18-28(14-6)36(30)34;/h15-18,21-24,29H,9-14,19-20H2,1-8H3;/q-1;. The molecule has 0 saturated carbocycles. The molecule has 0 bridgehead atoms. The molecule has 0 fully saturated rings. The van der Waals surface area contributed by atoms with Gasteiger partial charge in [0, 0.05) is 31.8 Å². The SMILES string of the molecule is CCc1ccc(CC)c2c1C=C(C(C)CC)C2CC[c-]1c(C(C)CC)cc2c(CC)ccc(CC)c21.[Hf]. The molecule has 0 amide bonds. The van der Waals surface area contributed by atoms with Crippen LogP contribution in [0.5, 0.6) is 0 Å². The zero-order chi connectivity index (χ0) is 26.0. The summed E-state index contributed by atoms with van der Waals surface area (Å²) in [6, 6.07) is 12.2. The Morgan fingerprint density at radius 2 is 1.30 bits per heavy atom. The molecule has 198 valence electrons. The summed E-state index contributed by atoms with van der Waals surface area (Å²) in [6.45, 7) is 18.9. The zero-order valence-electron chi connectivity index (χ0n) is 24.9. The van der Waals surface area contributed by atoms with Crippen molar-refractivity contribution in [3.05, 3.63) is 80.4 Å². The van der Waals surface area contributed by atoms with Gasteiger partial charge in [-0.25, -0.2) is 0 Å². The van der Waals surface area contributed by atoms with E-state index >= 15 is 0 Å². The second-order valence-corrected chi connectivity index (χ2v) is 11.2. The number of benzene rings is 2. The van der Waals surface area contributed by atoms with E-state index in [0.717, 1.165) is 25.7 Å². The van der Waals surface area contributed by atoms with Gasteiger partial charge in [0.25, 0.3) is 0 Å². The average Bonchev–Trinajstić information content (AvgIpc) is 3.49. The molecule has 1 heteroatoms. The number of rotatable bonds is 11. The monoisotopic (exact) mass is 661 g/mol. The summed E-state index contributed by atoms with van der Waals surface area (Å²) >= 11 is 0. The van der Waals surface area contributed by atoms with E-state index < -0.39 is 0 Å². The number of aryl methyl sites for hydroxylation is 5. The van der Waals surface area contributed by atoms with E-state index in [0.29, 0.717) is 17.8 Å². The van der Waals surface area contributed by atoms with Crippen molar-refractivity contribution in [3.63, 3.8) is 0 Å². The smallest absolute Gasteiger partial charge is 0.00586 e. The van der Waals surface area contributed by atoms with Crippen LogP contribution >= 0.6 is 0 Å². The van der Waals surface area contributed by atoms with Gasteiger partial charge in [-0.1, -0.05) is 110 Å². The Bertz CT molecular complexity index is 1240. The Balaban J connectivity index is 0.00000380. The molecule has 0 aliphatic heterocycles. The van der Waals surface area contributed by atoms with Gasteiger partial charge in [0.1, 0.15) is 0 Å². The second kappa shape index (κ2) is 13.1. The summed E-state index contributed by atoms with van der Waals surface area (Å²) in [6.07, 6.45) is 11.9. The fourth-order valence-electron chi connectivity index (χ4n) is 6.83. The van der Waals surface area contributed by atoms with Crippen LogP contribution in [-0.2, 0) is 57.9 Å². The third kappa shape index (κ3) is 5.54. The Morgan fingerprint density at radius 1 is 0.730 bits per heavy atom. The van der Waals surface area contributed by atoms with E-state index in [2.05, 4.69) is 91.8 Å². The van der Waals surface area contributed by atoms with Crippen molar-refractivity contribution in [1.82, 2.24) is 0 Å². The molecule has 0 aromatic heterocycles. The Hall–Kier alpha value is -1.34. The predicted octanol–water partition coefficient (Wildman–Crippen LogP) is 10.5. The molecular weight excluding hydrogens is 611 g/mol. The van der Waals surface area contributed by atoms with Gasteiger partial charge in [-0.3, -0.25) is 0 Å². The molecule has 0 spiro atoms. The van der Waals surface area contributed by atoms with Gasteiger partial charge < -0.3 is 0 Å². The average molecular weight is 660 g/mol. The molecule has 3 unspecified atom stereocenters. The number of fused-ring (bicyclic) bond motifs is 2. The molecular formula is C36H49Hf-. The third-order valence-electron chi connectivity index (χ3n) is 9.43. The molecule has 1 aliphatic rings. The maximum Gasteiger partial charge on any atom is 0.00586 e. The van der Waals surface area contributed by atoms with Crippen LogP contribution in [0.4, 0.5) is 0 Å². The predicted molar refractivity (Wildman–Crippen MR) is 161 cm³/mol. The molecule has 4 rings (SSSR count). The molecule has 0 heterocycles. The van der Waals surface area contributed by atoms with Crippen LogP contribution in [0.25, 0.3) is 16.8 Å². The summed E-state index contributed by atoms with van der Waals surface area (Å²) in [5.41, 5.74) is 14.4. The molecule has 0 radical (unpaired) electrons. The molecule has 3 aromatic rings. The van der Waals surface area contributed by atoms with Crippen LogP contribution in [0.3, 0.4) is 0 Å². The Kier molecular flexibility index (Phi) is 10.7. The van der Waals surface area contributed by atoms with E-state index in [-0.39, 0.29) is 25.8 Å². The summed E-state index contributed by atoms with van der Waals surface area (Å²) < 4.78 is 0.